The summed E-state index contributed by atoms with van der Waals surface area (Å²) in [4.78, 5) is 12.0. The fraction of sp³-hybridized carbons (Fsp3) is 0.273. The van der Waals surface area contributed by atoms with Gasteiger partial charge in [-0.25, -0.2) is 0 Å². The maximum absolute atomic E-state index is 12.0. The van der Waals surface area contributed by atoms with Crippen LogP contribution in [0.2, 0.25) is 10.2 Å². The number of rotatable bonds is 3. The number of aromatic amines is 1. The van der Waals surface area contributed by atoms with Crippen LogP contribution in [0, 0.1) is 6.92 Å². The van der Waals surface area contributed by atoms with Crippen LogP contribution in [0.25, 0.3) is 0 Å². The molecule has 2 aromatic rings. The molecule has 2 heterocycles. The number of carbonyl (C=O) groups is 1. The standard InChI is InChI=1S/C11H12Cl2N4O/c1-6-7(5-15-16-6)4-14-11(18)9-3-8(12)10(13)17(9)2/h3,5H,4H2,1-2H3,(H,14,18)(H,15,16). The van der Waals surface area contributed by atoms with Crippen LogP contribution in [-0.4, -0.2) is 20.7 Å². The minimum absolute atomic E-state index is 0.230. The Kier molecular flexibility index (Phi) is 3.63. The van der Waals surface area contributed by atoms with Gasteiger partial charge in [0, 0.05) is 24.8 Å². The van der Waals surface area contributed by atoms with E-state index >= 15 is 0 Å². The number of carbonyl (C=O) groups excluding carboxylic acids is 1. The first-order valence-corrected chi connectivity index (χ1v) is 6.04. The minimum Gasteiger partial charge on any atom is -0.347 e. The number of hydrogen-bond acceptors (Lipinski definition) is 2. The lowest BCUT2D eigenvalue weighted by Crippen LogP contribution is -2.25. The summed E-state index contributed by atoms with van der Waals surface area (Å²) in [5, 5.41) is 10.2. The predicted molar refractivity (Wildman–Crippen MR) is 69.9 cm³/mol. The summed E-state index contributed by atoms with van der Waals surface area (Å²) in [6.45, 7) is 2.30. The normalized spacial score (nSPS) is 10.7. The molecule has 0 bridgehead atoms. The number of amides is 1. The third kappa shape index (κ3) is 2.37. The molecule has 0 aromatic carbocycles. The van der Waals surface area contributed by atoms with Crippen LogP contribution in [0.3, 0.4) is 0 Å². The predicted octanol–water partition coefficient (Wildman–Crippen LogP) is 2.29. The average Bonchev–Trinajstić information content (AvgIpc) is 2.86. The summed E-state index contributed by atoms with van der Waals surface area (Å²) in [5.74, 6) is -0.230. The molecular formula is C11H12Cl2N4O. The van der Waals surface area contributed by atoms with Crippen LogP contribution >= 0.6 is 23.2 Å². The van der Waals surface area contributed by atoms with Crippen molar-refractivity contribution in [1.82, 2.24) is 20.1 Å². The van der Waals surface area contributed by atoms with Crippen LogP contribution in [0.1, 0.15) is 21.7 Å². The van der Waals surface area contributed by atoms with Crippen LogP contribution in [0.4, 0.5) is 0 Å². The first-order valence-electron chi connectivity index (χ1n) is 5.28. The number of hydrogen-bond donors (Lipinski definition) is 2. The van der Waals surface area contributed by atoms with Crippen molar-refractivity contribution >= 4 is 29.1 Å². The number of nitrogens with one attached hydrogen (secondary N) is 2. The topological polar surface area (TPSA) is 62.7 Å². The van der Waals surface area contributed by atoms with Crippen molar-refractivity contribution in [3.05, 3.63) is 39.4 Å². The molecule has 0 saturated carbocycles. The quantitative estimate of drug-likeness (QED) is 0.909. The third-order valence-electron chi connectivity index (χ3n) is 2.72. The molecule has 0 aliphatic rings. The third-order valence-corrected chi connectivity index (χ3v) is 3.56. The summed E-state index contributed by atoms with van der Waals surface area (Å²) >= 11 is 11.8. The maximum Gasteiger partial charge on any atom is 0.268 e. The van der Waals surface area contributed by atoms with E-state index in [4.69, 9.17) is 23.2 Å². The lowest BCUT2D eigenvalue weighted by Gasteiger charge is -2.05. The second kappa shape index (κ2) is 5.04. The summed E-state index contributed by atoms with van der Waals surface area (Å²) in [7, 11) is 1.69. The lowest BCUT2D eigenvalue weighted by molar-refractivity contribution is 0.0943. The van der Waals surface area contributed by atoms with Crippen molar-refractivity contribution in [2.24, 2.45) is 7.05 Å². The zero-order chi connectivity index (χ0) is 13.3. The van der Waals surface area contributed by atoms with E-state index in [1.807, 2.05) is 6.92 Å². The van der Waals surface area contributed by atoms with Gasteiger partial charge in [-0.2, -0.15) is 5.10 Å². The molecular weight excluding hydrogens is 275 g/mol. The number of aryl methyl sites for hydroxylation is 1. The number of H-pyrrole nitrogens is 1. The van der Waals surface area contributed by atoms with Crippen LogP contribution in [-0.2, 0) is 13.6 Å². The van der Waals surface area contributed by atoms with E-state index in [2.05, 4.69) is 15.5 Å². The fourth-order valence-electron chi connectivity index (χ4n) is 1.58. The highest BCUT2D eigenvalue weighted by molar-refractivity contribution is 6.41. The lowest BCUT2D eigenvalue weighted by atomic mass is 10.2. The Hall–Kier alpha value is -1.46. The zero-order valence-corrected chi connectivity index (χ0v) is 11.4. The highest BCUT2D eigenvalue weighted by Crippen LogP contribution is 2.25. The molecule has 0 aliphatic heterocycles. The fourth-order valence-corrected chi connectivity index (χ4v) is 1.96. The molecule has 0 atom stereocenters. The van der Waals surface area contributed by atoms with E-state index in [0.717, 1.165) is 11.3 Å². The monoisotopic (exact) mass is 286 g/mol. The van der Waals surface area contributed by atoms with Crippen LogP contribution < -0.4 is 5.32 Å². The van der Waals surface area contributed by atoms with E-state index in [1.54, 1.807) is 23.9 Å². The first-order chi connectivity index (χ1) is 8.50. The van der Waals surface area contributed by atoms with Gasteiger partial charge in [-0.05, 0) is 13.0 Å². The molecule has 0 unspecified atom stereocenters. The molecule has 5 nitrogen and oxygen atoms in total. The van der Waals surface area contributed by atoms with Crippen molar-refractivity contribution in [2.75, 3.05) is 0 Å². The van der Waals surface area contributed by atoms with Crippen molar-refractivity contribution in [1.29, 1.82) is 0 Å². The minimum atomic E-state index is -0.230. The van der Waals surface area contributed by atoms with Gasteiger partial charge in [0.05, 0.1) is 11.2 Å². The van der Waals surface area contributed by atoms with Crippen LogP contribution in [0.15, 0.2) is 12.3 Å². The summed E-state index contributed by atoms with van der Waals surface area (Å²) < 4.78 is 1.54. The maximum atomic E-state index is 12.0. The second-order valence-electron chi connectivity index (χ2n) is 3.93. The van der Waals surface area contributed by atoms with Crippen LogP contribution in [0.5, 0.6) is 0 Å². The van der Waals surface area contributed by atoms with Gasteiger partial charge in [0.2, 0.25) is 0 Å². The highest BCUT2D eigenvalue weighted by Gasteiger charge is 2.15. The van der Waals surface area contributed by atoms with Crippen molar-refractivity contribution in [2.45, 2.75) is 13.5 Å². The molecule has 7 heteroatoms. The molecule has 0 radical (unpaired) electrons. The van der Waals surface area contributed by atoms with Crippen molar-refractivity contribution in [3.8, 4) is 0 Å². The Bertz CT molecular complexity index is 588. The molecule has 2 N–H and O–H groups in total. The second-order valence-corrected chi connectivity index (χ2v) is 4.70. The molecule has 1 amide bonds. The molecule has 2 aromatic heterocycles. The van der Waals surface area contributed by atoms with Gasteiger partial charge in [-0.3, -0.25) is 9.89 Å². The average molecular weight is 287 g/mol. The van der Waals surface area contributed by atoms with E-state index < -0.39 is 0 Å². The van der Waals surface area contributed by atoms with Gasteiger partial charge in [0.25, 0.3) is 5.91 Å². The van der Waals surface area contributed by atoms with E-state index in [-0.39, 0.29) is 5.91 Å². The molecule has 96 valence electrons. The van der Waals surface area contributed by atoms with E-state index in [1.165, 1.54) is 0 Å². The molecule has 0 saturated heterocycles. The van der Waals surface area contributed by atoms with Crippen molar-refractivity contribution < 1.29 is 4.79 Å². The molecule has 18 heavy (non-hydrogen) atoms. The summed E-state index contributed by atoms with van der Waals surface area (Å²) in [5.41, 5.74) is 2.29. The van der Waals surface area contributed by atoms with Gasteiger partial charge in [0.1, 0.15) is 10.8 Å². The molecule has 0 aliphatic carbocycles. The largest absolute Gasteiger partial charge is 0.347 e. The number of halogens is 2. The zero-order valence-electron chi connectivity index (χ0n) is 9.92. The number of nitrogens with zero attached hydrogens (tertiary/aromatic N) is 2. The Labute approximate surface area is 114 Å². The van der Waals surface area contributed by atoms with Crippen molar-refractivity contribution in [3.63, 3.8) is 0 Å². The Morgan fingerprint density at radius 3 is 2.78 bits per heavy atom. The van der Waals surface area contributed by atoms with Gasteiger partial charge in [0.15, 0.2) is 0 Å². The van der Waals surface area contributed by atoms with E-state index in [9.17, 15) is 4.79 Å². The summed E-state index contributed by atoms with van der Waals surface area (Å²) in [6, 6.07) is 1.54. The first kappa shape index (κ1) is 13.0. The summed E-state index contributed by atoms with van der Waals surface area (Å²) in [6.07, 6.45) is 1.68. The Morgan fingerprint density at radius 2 is 2.28 bits per heavy atom. The van der Waals surface area contributed by atoms with Gasteiger partial charge >= 0.3 is 0 Å². The molecule has 0 spiro atoms. The SMILES string of the molecule is Cc1[nH]ncc1CNC(=O)c1cc(Cl)c(Cl)n1C. The Morgan fingerprint density at radius 1 is 1.56 bits per heavy atom. The van der Waals surface area contributed by atoms with E-state index in [0.29, 0.717) is 22.4 Å². The molecule has 0 fully saturated rings. The highest BCUT2D eigenvalue weighted by atomic mass is 35.5. The van der Waals surface area contributed by atoms with Gasteiger partial charge in [-0.15, -0.1) is 0 Å². The smallest absolute Gasteiger partial charge is 0.268 e. The molecule has 2 rings (SSSR count). The van der Waals surface area contributed by atoms with Gasteiger partial charge in [-0.1, -0.05) is 23.2 Å². The number of aromatic nitrogens is 3. The van der Waals surface area contributed by atoms with Gasteiger partial charge < -0.3 is 9.88 Å². The Balaban J connectivity index is 2.09.